The van der Waals surface area contributed by atoms with E-state index in [0.717, 1.165) is 32.5 Å². The van der Waals surface area contributed by atoms with E-state index in [1.807, 2.05) is 6.08 Å². The van der Waals surface area contributed by atoms with Crippen molar-refractivity contribution in [1.82, 2.24) is 10.2 Å². The van der Waals surface area contributed by atoms with Crippen LogP contribution in [0.15, 0.2) is 12.7 Å². The highest BCUT2D eigenvalue weighted by atomic mass is 35.5. The summed E-state index contributed by atoms with van der Waals surface area (Å²) in [6.07, 6.45) is 10.7. The van der Waals surface area contributed by atoms with Gasteiger partial charge >= 0.3 is 0 Å². The van der Waals surface area contributed by atoms with Gasteiger partial charge in [-0.1, -0.05) is 25.3 Å². The summed E-state index contributed by atoms with van der Waals surface area (Å²) in [5.74, 6) is 1.25. The van der Waals surface area contributed by atoms with Crippen LogP contribution in [0.5, 0.6) is 0 Å². The van der Waals surface area contributed by atoms with Crippen LogP contribution in [0.2, 0.25) is 0 Å². The molecule has 0 spiro atoms. The van der Waals surface area contributed by atoms with Crippen molar-refractivity contribution in [3.63, 3.8) is 0 Å². The molecule has 2 aliphatic rings. The molecule has 1 aliphatic heterocycles. The number of nitrogens with zero attached hydrogens (tertiary/aromatic N) is 1. The van der Waals surface area contributed by atoms with Gasteiger partial charge in [-0.15, -0.1) is 19.0 Å². The molecule has 2 rings (SSSR count). The van der Waals surface area contributed by atoms with Gasteiger partial charge in [0.1, 0.15) is 0 Å². The third kappa shape index (κ3) is 5.10. The van der Waals surface area contributed by atoms with Crippen LogP contribution in [0.4, 0.5) is 0 Å². The van der Waals surface area contributed by atoms with Crippen molar-refractivity contribution in [2.45, 2.75) is 44.9 Å². The standard InChI is InChI=1S/C16H28N2O.ClH/c1-2-11-18(13-14-7-4-3-5-8-14)16(19)15-9-6-10-17-12-15;/h2,14-15,17H,1,3-13H2;1H. The molecule has 1 heterocycles. The van der Waals surface area contributed by atoms with Crippen molar-refractivity contribution in [1.29, 1.82) is 0 Å². The highest BCUT2D eigenvalue weighted by molar-refractivity contribution is 5.85. The van der Waals surface area contributed by atoms with Gasteiger partial charge in [0.2, 0.25) is 5.91 Å². The monoisotopic (exact) mass is 300 g/mol. The molecular weight excluding hydrogens is 272 g/mol. The van der Waals surface area contributed by atoms with Crippen molar-refractivity contribution in [3.8, 4) is 0 Å². The maximum atomic E-state index is 12.6. The minimum atomic E-state index is 0. The number of nitrogens with one attached hydrogen (secondary N) is 1. The van der Waals surface area contributed by atoms with E-state index in [2.05, 4.69) is 16.8 Å². The predicted octanol–water partition coefficient (Wildman–Crippen LogP) is 3.00. The quantitative estimate of drug-likeness (QED) is 0.792. The van der Waals surface area contributed by atoms with Gasteiger partial charge in [0, 0.05) is 19.6 Å². The third-order valence-electron chi connectivity index (χ3n) is 4.51. The molecule has 1 unspecified atom stereocenters. The highest BCUT2D eigenvalue weighted by Gasteiger charge is 2.27. The SMILES string of the molecule is C=CCN(CC1CCCCC1)C(=O)C1CCCNC1.Cl. The van der Waals surface area contributed by atoms with Crippen LogP contribution < -0.4 is 5.32 Å². The lowest BCUT2D eigenvalue weighted by Crippen LogP contribution is -2.45. The topological polar surface area (TPSA) is 32.3 Å². The molecule has 0 bridgehead atoms. The average molecular weight is 301 g/mol. The zero-order valence-electron chi connectivity index (χ0n) is 12.5. The first-order valence-corrected chi connectivity index (χ1v) is 7.91. The van der Waals surface area contributed by atoms with Crippen LogP contribution in [0.1, 0.15) is 44.9 Å². The Hall–Kier alpha value is -0.540. The largest absolute Gasteiger partial charge is 0.338 e. The molecule has 1 aliphatic carbocycles. The molecule has 3 nitrogen and oxygen atoms in total. The Morgan fingerprint density at radius 2 is 1.95 bits per heavy atom. The van der Waals surface area contributed by atoms with Crippen LogP contribution in [-0.2, 0) is 4.79 Å². The van der Waals surface area contributed by atoms with Gasteiger partial charge in [0.25, 0.3) is 0 Å². The van der Waals surface area contributed by atoms with Gasteiger partial charge in [0.05, 0.1) is 5.92 Å². The summed E-state index contributed by atoms with van der Waals surface area (Å²) >= 11 is 0. The molecule has 1 saturated carbocycles. The summed E-state index contributed by atoms with van der Waals surface area (Å²) < 4.78 is 0. The number of hydrogen-bond donors (Lipinski definition) is 1. The van der Waals surface area contributed by atoms with Crippen LogP contribution in [-0.4, -0.2) is 37.0 Å². The number of amides is 1. The van der Waals surface area contributed by atoms with Crippen LogP contribution in [0.3, 0.4) is 0 Å². The van der Waals surface area contributed by atoms with Crippen LogP contribution in [0, 0.1) is 11.8 Å². The second-order valence-electron chi connectivity index (χ2n) is 6.08. The maximum absolute atomic E-state index is 12.6. The molecule has 116 valence electrons. The molecule has 1 N–H and O–H groups in total. The van der Waals surface area contributed by atoms with E-state index in [0.29, 0.717) is 18.4 Å². The minimum absolute atomic E-state index is 0. The molecule has 0 aromatic rings. The fourth-order valence-corrected chi connectivity index (χ4v) is 3.41. The molecule has 1 atom stereocenters. The smallest absolute Gasteiger partial charge is 0.227 e. The first kappa shape index (κ1) is 17.5. The molecule has 4 heteroatoms. The maximum Gasteiger partial charge on any atom is 0.227 e. The lowest BCUT2D eigenvalue weighted by Gasteiger charge is -2.33. The second-order valence-corrected chi connectivity index (χ2v) is 6.08. The zero-order chi connectivity index (χ0) is 13.5. The van der Waals surface area contributed by atoms with E-state index >= 15 is 0 Å². The van der Waals surface area contributed by atoms with E-state index in [9.17, 15) is 4.79 Å². The van der Waals surface area contributed by atoms with Crippen molar-refractivity contribution in [2.75, 3.05) is 26.2 Å². The Morgan fingerprint density at radius 3 is 2.55 bits per heavy atom. The Bertz CT molecular complexity index is 297. The summed E-state index contributed by atoms with van der Waals surface area (Å²) in [7, 11) is 0. The number of carbonyl (C=O) groups excluding carboxylic acids is 1. The zero-order valence-corrected chi connectivity index (χ0v) is 13.3. The molecule has 0 aromatic carbocycles. The van der Waals surface area contributed by atoms with Crippen LogP contribution >= 0.6 is 12.4 Å². The summed E-state index contributed by atoms with van der Waals surface area (Å²) in [6, 6.07) is 0. The number of hydrogen-bond acceptors (Lipinski definition) is 2. The number of halogens is 1. The van der Waals surface area contributed by atoms with Crippen molar-refractivity contribution in [2.24, 2.45) is 11.8 Å². The Labute approximate surface area is 129 Å². The van der Waals surface area contributed by atoms with E-state index in [4.69, 9.17) is 0 Å². The average Bonchev–Trinajstić information content (AvgIpc) is 2.48. The lowest BCUT2D eigenvalue weighted by atomic mass is 9.88. The number of rotatable bonds is 5. The van der Waals surface area contributed by atoms with E-state index in [-0.39, 0.29) is 18.3 Å². The van der Waals surface area contributed by atoms with Gasteiger partial charge in [0.15, 0.2) is 0 Å². The molecule has 1 saturated heterocycles. The van der Waals surface area contributed by atoms with Gasteiger partial charge < -0.3 is 10.2 Å². The fraction of sp³-hybridized carbons (Fsp3) is 0.812. The van der Waals surface area contributed by atoms with Crippen molar-refractivity contribution < 1.29 is 4.79 Å². The number of piperidine rings is 1. The Kier molecular flexibility index (Phi) is 8.24. The van der Waals surface area contributed by atoms with E-state index in [1.54, 1.807) is 0 Å². The molecule has 20 heavy (non-hydrogen) atoms. The minimum Gasteiger partial charge on any atom is -0.338 e. The molecular formula is C16H29ClN2O. The van der Waals surface area contributed by atoms with Crippen LogP contribution in [0.25, 0.3) is 0 Å². The number of carbonyl (C=O) groups is 1. The summed E-state index contributed by atoms with van der Waals surface area (Å²) in [5, 5.41) is 3.34. The van der Waals surface area contributed by atoms with Gasteiger partial charge in [-0.05, 0) is 38.1 Å². The summed E-state index contributed by atoms with van der Waals surface area (Å²) in [6.45, 7) is 7.39. The van der Waals surface area contributed by atoms with Gasteiger partial charge in [-0.3, -0.25) is 4.79 Å². The second kappa shape index (κ2) is 9.41. The normalized spacial score (nSPS) is 23.7. The molecule has 0 radical (unpaired) electrons. The third-order valence-corrected chi connectivity index (χ3v) is 4.51. The summed E-state index contributed by atoms with van der Waals surface area (Å²) in [4.78, 5) is 14.7. The summed E-state index contributed by atoms with van der Waals surface area (Å²) in [5.41, 5.74) is 0. The predicted molar refractivity (Wildman–Crippen MR) is 86.2 cm³/mol. The van der Waals surface area contributed by atoms with Crippen molar-refractivity contribution >= 4 is 18.3 Å². The molecule has 1 amide bonds. The first-order valence-electron chi connectivity index (χ1n) is 7.91. The van der Waals surface area contributed by atoms with Gasteiger partial charge in [-0.2, -0.15) is 0 Å². The Morgan fingerprint density at radius 1 is 1.20 bits per heavy atom. The molecule has 2 fully saturated rings. The van der Waals surface area contributed by atoms with Gasteiger partial charge in [-0.25, -0.2) is 0 Å². The van der Waals surface area contributed by atoms with E-state index < -0.39 is 0 Å². The van der Waals surface area contributed by atoms with Crippen molar-refractivity contribution in [3.05, 3.63) is 12.7 Å². The van der Waals surface area contributed by atoms with E-state index in [1.165, 1.54) is 32.1 Å². The highest BCUT2D eigenvalue weighted by Crippen LogP contribution is 2.25. The lowest BCUT2D eigenvalue weighted by molar-refractivity contribution is -0.136. The molecule has 0 aromatic heterocycles. The first-order chi connectivity index (χ1) is 9.31. The Balaban J connectivity index is 0.00000200. The fourth-order valence-electron chi connectivity index (χ4n) is 3.41.